The zero-order chi connectivity index (χ0) is 10.7. The molecule has 0 radical (unpaired) electrons. The van der Waals surface area contributed by atoms with Gasteiger partial charge in [-0.15, -0.1) is 11.8 Å². The van der Waals surface area contributed by atoms with Crippen LogP contribution in [0.3, 0.4) is 0 Å². The van der Waals surface area contributed by atoms with E-state index in [0.29, 0.717) is 0 Å². The van der Waals surface area contributed by atoms with Crippen LogP contribution in [0.5, 0.6) is 0 Å². The first kappa shape index (κ1) is 11.3. The van der Waals surface area contributed by atoms with Crippen molar-refractivity contribution in [1.29, 1.82) is 0 Å². The monoisotopic (exact) mass is 241 g/mol. The van der Waals surface area contributed by atoms with Crippen LogP contribution in [0, 0.1) is 0 Å². The van der Waals surface area contributed by atoms with Gasteiger partial charge in [-0.3, -0.25) is 0 Å². The van der Waals surface area contributed by atoms with E-state index < -0.39 is 0 Å². The van der Waals surface area contributed by atoms with Crippen molar-refractivity contribution in [2.24, 2.45) is 0 Å². The first-order valence-electron chi connectivity index (χ1n) is 5.45. The Morgan fingerprint density at radius 1 is 1.47 bits per heavy atom. The van der Waals surface area contributed by atoms with Crippen LogP contribution in [0.2, 0.25) is 5.02 Å². The summed E-state index contributed by atoms with van der Waals surface area (Å²) in [5, 5.41) is 4.41. The second-order valence-electron chi connectivity index (χ2n) is 3.82. The zero-order valence-electron chi connectivity index (χ0n) is 8.92. The Labute approximate surface area is 101 Å². The predicted octanol–water partition coefficient (Wildman–Crippen LogP) is 3.70. The fourth-order valence-electron chi connectivity index (χ4n) is 1.54. The number of benzene rings is 1. The van der Waals surface area contributed by atoms with Gasteiger partial charge >= 0.3 is 0 Å². The number of rotatable bonds is 5. The van der Waals surface area contributed by atoms with Crippen LogP contribution >= 0.6 is 23.4 Å². The molecule has 0 aliphatic heterocycles. The average molecular weight is 242 g/mol. The Morgan fingerprint density at radius 2 is 2.27 bits per heavy atom. The molecule has 3 heteroatoms. The van der Waals surface area contributed by atoms with Crippen LogP contribution in [0.4, 0.5) is 0 Å². The van der Waals surface area contributed by atoms with E-state index >= 15 is 0 Å². The zero-order valence-corrected chi connectivity index (χ0v) is 10.5. The molecular formula is C12H16ClNS. The lowest BCUT2D eigenvalue weighted by Gasteiger charge is -2.10. The maximum atomic E-state index is 6.19. The van der Waals surface area contributed by atoms with Gasteiger partial charge in [0.15, 0.2) is 0 Å². The topological polar surface area (TPSA) is 12.0 Å². The number of hydrogen-bond donors (Lipinski definition) is 1. The minimum absolute atomic E-state index is 0.753. The largest absolute Gasteiger partial charge is 0.310 e. The van der Waals surface area contributed by atoms with E-state index in [-0.39, 0.29) is 0 Å². The third-order valence-electron chi connectivity index (χ3n) is 2.50. The summed E-state index contributed by atoms with van der Waals surface area (Å²) in [5.74, 6) is 1.07. The van der Waals surface area contributed by atoms with Crippen molar-refractivity contribution in [1.82, 2.24) is 5.32 Å². The Bertz CT molecular complexity index is 336. The maximum absolute atomic E-state index is 6.19. The lowest BCUT2D eigenvalue weighted by atomic mass is 10.2. The predicted molar refractivity (Wildman–Crippen MR) is 67.7 cm³/mol. The van der Waals surface area contributed by atoms with Gasteiger partial charge in [-0.1, -0.05) is 30.7 Å². The quantitative estimate of drug-likeness (QED) is 0.789. The molecule has 0 heterocycles. The van der Waals surface area contributed by atoms with E-state index in [1.54, 1.807) is 0 Å². The normalized spacial score (nSPS) is 15.6. The van der Waals surface area contributed by atoms with Crippen LogP contribution in [0.25, 0.3) is 0 Å². The van der Waals surface area contributed by atoms with Crippen molar-refractivity contribution in [2.75, 3.05) is 5.75 Å². The number of halogens is 1. The highest BCUT2D eigenvalue weighted by Gasteiger charge is 2.20. The molecule has 1 aromatic rings. The van der Waals surface area contributed by atoms with Crippen LogP contribution < -0.4 is 5.32 Å². The van der Waals surface area contributed by atoms with Crippen LogP contribution in [-0.4, -0.2) is 11.8 Å². The molecular weight excluding hydrogens is 226 g/mol. The van der Waals surface area contributed by atoms with Crippen molar-refractivity contribution in [3.05, 3.63) is 28.8 Å². The van der Waals surface area contributed by atoms with Gasteiger partial charge in [-0.2, -0.15) is 0 Å². The molecule has 1 aliphatic carbocycles. The first-order valence-corrected chi connectivity index (χ1v) is 6.81. The van der Waals surface area contributed by atoms with E-state index in [0.717, 1.165) is 23.4 Å². The highest BCUT2D eigenvalue weighted by Crippen LogP contribution is 2.31. The molecule has 0 amide bonds. The summed E-state index contributed by atoms with van der Waals surface area (Å²) >= 11 is 8.02. The summed E-state index contributed by atoms with van der Waals surface area (Å²) in [6.07, 6.45) is 2.66. The number of hydrogen-bond acceptors (Lipinski definition) is 2. The van der Waals surface area contributed by atoms with Crippen molar-refractivity contribution < 1.29 is 0 Å². The molecule has 1 aromatic carbocycles. The summed E-state index contributed by atoms with van der Waals surface area (Å²) in [6.45, 7) is 3.11. The fraction of sp³-hybridized carbons (Fsp3) is 0.500. The molecule has 0 saturated heterocycles. The number of thioether (sulfide) groups is 1. The summed E-state index contributed by atoms with van der Waals surface area (Å²) in [6, 6.07) is 6.93. The molecule has 1 saturated carbocycles. The maximum Gasteiger partial charge on any atom is 0.0545 e. The summed E-state index contributed by atoms with van der Waals surface area (Å²) in [7, 11) is 0. The standard InChI is InChI=1S/C12H16ClNS/c1-2-15-12-9(4-3-5-11(12)13)8-14-10-6-7-10/h3-5,10,14H,2,6-8H2,1H3. The van der Waals surface area contributed by atoms with Gasteiger partial charge in [-0.05, 0) is 30.2 Å². The summed E-state index contributed by atoms with van der Waals surface area (Å²) < 4.78 is 0. The molecule has 0 atom stereocenters. The Hall–Kier alpha value is -0.180. The van der Waals surface area contributed by atoms with Crippen molar-refractivity contribution in [2.45, 2.75) is 37.2 Å². The van der Waals surface area contributed by atoms with Crippen molar-refractivity contribution >= 4 is 23.4 Å². The third kappa shape index (κ3) is 3.13. The van der Waals surface area contributed by atoms with Crippen LogP contribution in [0.15, 0.2) is 23.1 Å². The van der Waals surface area contributed by atoms with E-state index in [1.165, 1.54) is 23.3 Å². The minimum Gasteiger partial charge on any atom is -0.310 e. The molecule has 1 N–H and O–H groups in total. The first-order chi connectivity index (χ1) is 7.31. The van der Waals surface area contributed by atoms with Crippen molar-refractivity contribution in [3.63, 3.8) is 0 Å². The van der Waals surface area contributed by atoms with E-state index in [1.807, 2.05) is 23.9 Å². The smallest absolute Gasteiger partial charge is 0.0545 e. The molecule has 82 valence electrons. The van der Waals surface area contributed by atoms with Gasteiger partial charge in [0.2, 0.25) is 0 Å². The van der Waals surface area contributed by atoms with Crippen LogP contribution in [0.1, 0.15) is 25.3 Å². The summed E-state index contributed by atoms with van der Waals surface area (Å²) in [5.41, 5.74) is 1.33. The van der Waals surface area contributed by atoms with Gasteiger partial charge < -0.3 is 5.32 Å². The molecule has 0 unspecified atom stereocenters. The van der Waals surface area contributed by atoms with Gasteiger partial charge in [-0.25, -0.2) is 0 Å². The number of nitrogens with one attached hydrogen (secondary N) is 1. The SMILES string of the molecule is CCSc1c(Cl)cccc1CNC1CC1. The molecule has 0 spiro atoms. The lowest BCUT2D eigenvalue weighted by molar-refractivity contribution is 0.680. The Balaban J connectivity index is 2.08. The fourth-order valence-corrected chi connectivity index (χ4v) is 2.72. The molecule has 0 bridgehead atoms. The molecule has 1 nitrogen and oxygen atoms in total. The van der Waals surface area contributed by atoms with Gasteiger partial charge in [0.1, 0.15) is 0 Å². The highest BCUT2D eigenvalue weighted by molar-refractivity contribution is 7.99. The van der Waals surface area contributed by atoms with E-state index in [9.17, 15) is 0 Å². The molecule has 0 aromatic heterocycles. The highest BCUT2D eigenvalue weighted by atomic mass is 35.5. The Kier molecular flexibility index (Phi) is 3.95. The molecule has 1 aliphatic rings. The second kappa shape index (κ2) is 5.24. The second-order valence-corrected chi connectivity index (χ2v) is 5.50. The molecule has 2 rings (SSSR count). The van der Waals surface area contributed by atoms with Gasteiger partial charge in [0.25, 0.3) is 0 Å². The third-order valence-corrected chi connectivity index (χ3v) is 3.98. The van der Waals surface area contributed by atoms with Crippen LogP contribution in [-0.2, 0) is 6.54 Å². The molecule has 1 fully saturated rings. The summed E-state index contributed by atoms with van der Waals surface area (Å²) in [4.78, 5) is 1.25. The lowest BCUT2D eigenvalue weighted by Crippen LogP contribution is -2.15. The van der Waals surface area contributed by atoms with Gasteiger partial charge in [0, 0.05) is 17.5 Å². The van der Waals surface area contributed by atoms with E-state index in [2.05, 4.69) is 18.3 Å². The average Bonchev–Trinajstić information content (AvgIpc) is 3.03. The van der Waals surface area contributed by atoms with E-state index in [4.69, 9.17) is 11.6 Å². The minimum atomic E-state index is 0.753. The van der Waals surface area contributed by atoms with Crippen molar-refractivity contribution in [3.8, 4) is 0 Å². The molecule has 15 heavy (non-hydrogen) atoms. The van der Waals surface area contributed by atoms with Gasteiger partial charge in [0.05, 0.1) is 5.02 Å². The Morgan fingerprint density at radius 3 is 2.93 bits per heavy atom.